The molecule has 0 unspecified atom stereocenters. The summed E-state index contributed by atoms with van der Waals surface area (Å²) < 4.78 is 6.93. The molecule has 0 aliphatic heterocycles. The Morgan fingerprint density at radius 3 is 2.83 bits per heavy atom. The van der Waals surface area contributed by atoms with Crippen LogP contribution in [0.5, 0.6) is 5.75 Å². The van der Waals surface area contributed by atoms with Gasteiger partial charge in [-0.15, -0.1) is 16.4 Å². The Bertz CT molecular complexity index is 1250. The Labute approximate surface area is 170 Å². The van der Waals surface area contributed by atoms with Crippen molar-refractivity contribution in [3.05, 3.63) is 71.1 Å². The fourth-order valence-corrected chi connectivity index (χ4v) is 3.58. The van der Waals surface area contributed by atoms with Gasteiger partial charge in [0.1, 0.15) is 17.4 Å². The second-order valence-electron chi connectivity index (χ2n) is 6.02. The third-order valence-electron chi connectivity index (χ3n) is 4.15. The number of carbonyl (C=O) groups excluding carboxylic acids is 1. The van der Waals surface area contributed by atoms with Crippen LogP contribution in [0, 0.1) is 11.3 Å². The minimum Gasteiger partial charge on any atom is -0.497 e. The topological polar surface area (TPSA) is 92.3 Å². The van der Waals surface area contributed by atoms with Crippen LogP contribution in [0.2, 0.25) is 0 Å². The third-order valence-corrected chi connectivity index (χ3v) is 4.96. The number of nitrogens with zero attached hydrogens (tertiary/aromatic N) is 4. The lowest BCUT2D eigenvalue weighted by molar-refractivity contribution is -0.112. The van der Waals surface area contributed by atoms with Gasteiger partial charge in [0.15, 0.2) is 0 Å². The van der Waals surface area contributed by atoms with Crippen molar-refractivity contribution in [2.75, 3.05) is 12.4 Å². The number of ether oxygens (including phenoxy) is 1. The van der Waals surface area contributed by atoms with Crippen LogP contribution >= 0.6 is 11.3 Å². The first-order chi connectivity index (χ1) is 14.2. The highest BCUT2D eigenvalue weighted by molar-refractivity contribution is 7.15. The van der Waals surface area contributed by atoms with Gasteiger partial charge >= 0.3 is 0 Å². The number of fused-ring (bicyclic) bond motifs is 1. The minimum atomic E-state index is -0.558. The molecule has 0 aliphatic rings. The maximum absolute atomic E-state index is 12.5. The zero-order chi connectivity index (χ0) is 20.2. The summed E-state index contributed by atoms with van der Waals surface area (Å²) in [5.74, 6) is 0.318. The molecule has 29 heavy (non-hydrogen) atoms. The van der Waals surface area contributed by atoms with Crippen molar-refractivity contribution in [3.63, 3.8) is 0 Å². The van der Waals surface area contributed by atoms with E-state index < -0.39 is 5.91 Å². The number of nitriles is 1. The van der Waals surface area contributed by atoms with Gasteiger partial charge in [0.05, 0.1) is 12.8 Å². The van der Waals surface area contributed by atoms with E-state index in [1.165, 1.54) is 17.4 Å². The zero-order valence-electron chi connectivity index (χ0n) is 15.4. The number of nitrogens with one attached hydrogen (secondary N) is 1. The molecule has 2 aromatic heterocycles. The van der Waals surface area contributed by atoms with Crippen LogP contribution < -0.4 is 10.1 Å². The summed E-state index contributed by atoms with van der Waals surface area (Å²) in [6, 6.07) is 18.7. The number of anilines is 1. The van der Waals surface area contributed by atoms with E-state index in [-0.39, 0.29) is 11.5 Å². The van der Waals surface area contributed by atoms with Gasteiger partial charge in [-0.05, 0) is 23.8 Å². The minimum absolute atomic E-state index is 0.0256. The van der Waals surface area contributed by atoms with E-state index in [4.69, 9.17) is 4.74 Å². The Morgan fingerprint density at radius 2 is 2.07 bits per heavy atom. The Hall–Kier alpha value is -3.96. The molecule has 142 valence electrons. The summed E-state index contributed by atoms with van der Waals surface area (Å²) in [5, 5.41) is 18.3. The quantitative estimate of drug-likeness (QED) is 0.403. The first kappa shape index (κ1) is 18.4. The normalized spacial score (nSPS) is 11.2. The highest BCUT2D eigenvalue weighted by atomic mass is 32.1. The summed E-state index contributed by atoms with van der Waals surface area (Å²) in [5.41, 5.74) is 2.48. The predicted molar refractivity (Wildman–Crippen MR) is 112 cm³/mol. The molecule has 2 aromatic carbocycles. The van der Waals surface area contributed by atoms with Gasteiger partial charge in [-0.25, -0.2) is 4.52 Å². The zero-order valence-corrected chi connectivity index (χ0v) is 16.2. The molecule has 4 aromatic rings. The molecule has 0 fully saturated rings. The second kappa shape index (κ2) is 7.96. The maximum atomic E-state index is 12.5. The van der Waals surface area contributed by atoms with Gasteiger partial charge in [-0.1, -0.05) is 42.5 Å². The van der Waals surface area contributed by atoms with Crippen LogP contribution in [0.25, 0.3) is 22.3 Å². The molecule has 1 N–H and O–H groups in total. The van der Waals surface area contributed by atoms with Crippen molar-refractivity contribution in [2.24, 2.45) is 0 Å². The van der Waals surface area contributed by atoms with E-state index in [0.29, 0.717) is 4.96 Å². The molecule has 7 nitrogen and oxygen atoms in total. The van der Waals surface area contributed by atoms with Crippen molar-refractivity contribution in [1.29, 1.82) is 5.26 Å². The molecule has 4 rings (SSSR count). The maximum Gasteiger partial charge on any atom is 0.268 e. The number of carbonyl (C=O) groups is 1. The van der Waals surface area contributed by atoms with Crippen molar-refractivity contribution >= 4 is 34.2 Å². The van der Waals surface area contributed by atoms with Crippen LogP contribution in [0.15, 0.2) is 65.6 Å². The molecule has 0 saturated carbocycles. The number of benzene rings is 2. The number of methoxy groups -OCH3 is 1. The van der Waals surface area contributed by atoms with Crippen molar-refractivity contribution in [1.82, 2.24) is 14.6 Å². The fourth-order valence-electron chi connectivity index (χ4n) is 2.75. The van der Waals surface area contributed by atoms with E-state index in [0.717, 1.165) is 22.6 Å². The number of amides is 1. The van der Waals surface area contributed by atoms with Crippen molar-refractivity contribution in [2.45, 2.75) is 0 Å². The molecule has 0 radical (unpaired) electrons. The predicted octanol–water partition coefficient (Wildman–Crippen LogP) is 4.01. The van der Waals surface area contributed by atoms with Gasteiger partial charge in [0.2, 0.25) is 4.96 Å². The summed E-state index contributed by atoms with van der Waals surface area (Å²) in [6.07, 6.45) is 1.52. The van der Waals surface area contributed by atoms with E-state index in [2.05, 4.69) is 15.4 Å². The van der Waals surface area contributed by atoms with Gasteiger partial charge in [-0.2, -0.15) is 10.2 Å². The smallest absolute Gasteiger partial charge is 0.268 e. The third kappa shape index (κ3) is 3.85. The molecule has 0 spiro atoms. The Balaban J connectivity index is 1.60. The van der Waals surface area contributed by atoms with E-state index >= 15 is 0 Å². The average molecular weight is 401 g/mol. The van der Waals surface area contributed by atoms with E-state index in [1.54, 1.807) is 11.6 Å². The van der Waals surface area contributed by atoms with Crippen LogP contribution in [0.1, 0.15) is 5.56 Å². The highest BCUT2D eigenvalue weighted by Crippen LogP contribution is 2.28. The Morgan fingerprint density at radius 1 is 1.24 bits per heavy atom. The lowest BCUT2D eigenvalue weighted by atomic mass is 10.1. The van der Waals surface area contributed by atoms with Crippen LogP contribution in [-0.4, -0.2) is 27.6 Å². The lowest BCUT2D eigenvalue weighted by Gasteiger charge is -2.03. The Kier molecular flexibility index (Phi) is 5.05. The van der Waals surface area contributed by atoms with Crippen molar-refractivity contribution < 1.29 is 9.53 Å². The van der Waals surface area contributed by atoms with Crippen molar-refractivity contribution in [3.8, 4) is 23.1 Å². The van der Waals surface area contributed by atoms with Gasteiger partial charge < -0.3 is 4.74 Å². The number of hydrogen-bond acceptors (Lipinski definition) is 6. The number of aromatic nitrogens is 3. The summed E-state index contributed by atoms with van der Waals surface area (Å²) in [7, 11) is 1.61. The van der Waals surface area contributed by atoms with Gasteiger partial charge in [0.25, 0.3) is 11.9 Å². The summed E-state index contributed by atoms with van der Waals surface area (Å²) >= 11 is 1.40. The number of hydrogen-bond donors (Lipinski definition) is 1. The molecule has 0 aliphatic carbocycles. The molecular weight excluding hydrogens is 386 g/mol. The lowest BCUT2D eigenvalue weighted by Crippen LogP contribution is -2.14. The van der Waals surface area contributed by atoms with E-state index in [9.17, 15) is 10.1 Å². The van der Waals surface area contributed by atoms with Crippen LogP contribution in [0.4, 0.5) is 5.95 Å². The number of rotatable bonds is 5. The molecule has 0 bridgehead atoms. The molecule has 2 heterocycles. The monoisotopic (exact) mass is 401 g/mol. The fraction of sp³-hybridized carbons (Fsp3) is 0.0476. The van der Waals surface area contributed by atoms with Gasteiger partial charge in [0, 0.05) is 10.9 Å². The second-order valence-corrected chi connectivity index (χ2v) is 6.85. The largest absolute Gasteiger partial charge is 0.497 e. The summed E-state index contributed by atoms with van der Waals surface area (Å²) in [4.78, 5) is 17.4. The molecule has 0 saturated heterocycles. The molecule has 8 heteroatoms. The van der Waals surface area contributed by atoms with Gasteiger partial charge in [-0.3, -0.25) is 10.1 Å². The SMILES string of the molecule is COc1cccc(-c2csc3nc(NC(=O)/C(C#N)=C/c4ccccc4)nn23)c1. The van der Waals surface area contributed by atoms with Crippen LogP contribution in [0.3, 0.4) is 0 Å². The van der Waals surface area contributed by atoms with Crippen LogP contribution in [-0.2, 0) is 4.79 Å². The average Bonchev–Trinajstić information content (AvgIpc) is 3.32. The number of thiazole rings is 1. The highest BCUT2D eigenvalue weighted by Gasteiger charge is 2.16. The summed E-state index contributed by atoms with van der Waals surface area (Å²) in [6.45, 7) is 0. The first-order valence-electron chi connectivity index (χ1n) is 8.65. The molecule has 0 atom stereocenters. The van der Waals surface area contributed by atoms with E-state index in [1.807, 2.05) is 66.0 Å². The molecule has 1 amide bonds. The molecular formula is C21H15N5O2S. The first-order valence-corrected chi connectivity index (χ1v) is 9.53. The standard InChI is InChI=1S/C21H15N5O2S/c1-28-17-9-5-8-15(11-17)18-13-29-21-24-20(25-26(18)21)23-19(27)16(12-22)10-14-6-3-2-4-7-14/h2-11,13H,1H3,(H,23,25,27)/b16-10+.